The third-order valence-corrected chi connectivity index (χ3v) is 6.27. The third-order valence-electron chi connectivity index (χ3n) is 6.27. The number of hydrogen-bond donors (Lipinski definition) is 2. The maximum atomic E-state index is 12.8. The van der Waals surface area contributed by atoms with Gasteiger partial charge < -0.3 is 15.8 Å². The van der Waals surface area contributed by atoms with Gasteiger partial charge in [-0.15, -0.1) is 0 Å². The highest BCUT2D eigenvalue weighted by atomic mass is 16.5. The Hall–Kier alpha value is -1.81. The zero-order valence-corrected chi connectivity index (χ0v) is 20.6. The van der Waals surface area contributed by atoms with Crippen molar-refractivity contribution in [3.05, 3.63) is 35.9 Å². The lowest BCUT2D eigenvalue weighted by Gasteiger charge is -2.45. The third kappa shape index (κ3) is 9.90. The van der Waals surface area contributed by atoms with Crippen LogP contribution >= 0.6 is 0 Å². The second kappa shape index (κ2) is 14.3. The average molecular weight is 431 g/mol. The summed E-state index contributed by atoms with van der Waals surface area (Å²) in [7, 11) is 1.65. The van der Waals surface area contributed by atoms with E-state index in [-0.39, 0.29) is 5.91 Å². The molecule has 4 nitrogen and oxygen atoms in total. The standard InChI is InChI=1S/C27H46N2O2/c1-6-8-9-10-11-12-13-14-22-27(21-7-2,26(3,4)28)29-25(30)20-17-23-15-18-24(31-5)19-16-23/h15-20H,6-14,21-22,28H2,1-5H3,(H,29,30). The molecule has 0 aliphatic carbocycles. The van der Waals surface area contributed by atoms with Crippen molar-refractivity contribution >= 4 is 12.0 Å². The van der Waals surface area contributed by atoms with Crippen molar-refractivity contribution in [1.82, 2.24) is 5.32 Å². The summed E-state index contributed by atoms with van der Waals surface area (Å²) in [6.07, 6.45) is 16.4. The monoisotopic (exact) mass is 430 g/mol. The number of nitrogens with two attached hydrogens (primary N) is 1. The quantitative estimate of drug-likeness (QED) is 0.228. The van der Waals surface area contributed by atoms with Gasteiger partial charge in [-0.05, 0) is 50.5 Å². The van der Waals surface area contributed by atoms with Crippen LogP contribution in [0.2, 0.25) is 0 Å². The maximum Gasteiger partial charge on any atom is 0.244 e. The number of carbonyl (C=O) groups is 1. The van der Waals surface area contributed by atoms with E-state index in [1.807, 2.05) is 44.2 Å². The van der Waals surface area contributed by atoms with Gasteiger partial charge in [-0.25, -0.2) is 0 Å². The number of amides is 1. The van der Waals surface area contributed by atoms with Gasteiger partial charge >= 0.3 is 0 Å². The van der Waals surface area contributed by atoms with Crippen LogP contribution in [0.4, 0.5) is 0 Å². The first-order valence-electron chi connectivity index (χ1n) is 12.2. The van der Waals surface area contributed by atoms with Crippen LogP contribution in [0.1, 0.15) is 104 Å². The van der Waals surface area contributed by atoms with E-state index in [0.29, 0.717) is 0 Å². The lowest BCUT2D eigenvalue weighted by Crippen LogP contribution is -2.65. The van der Waals surface area contributed by atoms with Crippen molar-refractivity contribution in [2.75, 3.05) is 7.11 Å². The van der Waals surface area contributed by atoms with Gasteiger partial charge in [-0.3, -0.25) is 4.79 Å². The molecule has 0 fully saturated rings. The molecule has 0 radical (unpaired) electrons. The Bertz CT molecular complexity index is 646. The van der Waals surface area contributed by atoms with Crippen LogP contribution in [0.3, 0.4) is 0 Å². The van der Waals surface area contributed by atoms with Crippen LogP contribution in [0.5, 0.6) is 5.75 Å². The van der Waals surface area contributed by atoms with Gasteiger partial charge in [0.15, 0.2) is 0 Å². The molecule has 1 atom stereocenters. The molecular formula is C27H46N2O2. The van der Waals surface area contributed by atoms with Crippen molar-refractivity contribution in [3.8, 4) is 5.75 Å². The molecule has 4 heteroatoms. The Morgan fingerprint density at radius 2 is 1.52 bits per heavy atom. The summed E-state index contributed by atoms with van der Waals surface area (Å²) in [5.74, 6) is 0.723. The molecule has 0 saturated carbocycles. The Labute approximate surface area is 191 Å². The van der Waals surface area contributed by atoms with Gasteiger partial charge in [0.05, 0.1) is 12.6 Å². The molecule has 1 aromatic rings. The summed E-state index contributed by atoms with van der Waals surface area (Å²) in [5, 5.41) is 3.31. The summed E-state index contributed by atoms with van der Waals surface area (Å²) in [6.45, 7) is 8.50. The largest absolute Gasteiger partial charge is 0.497 e. The number of hydrogen-bond acceptors (Lipinski definition) is 3. The smallest absolute Gasteiger partial charge is 0.244 e. The summed E-state index contributed by atoms with van der Waals surface area (Å²) in [6, 6.07) is 7.67. The molecule has 0 aliphatic heterocycles. The summed E-state index contributed by atoms with van der Waals surface area (Å²) in [5.41, 5.74) is 6.71. The van der Waals surface area contributed by atoms with Crippen LogP contribution < -0.4 is 15.8 Å². The molecule has 1 rings (SSSR count). The zero-order valence-electron chi connectivity index (χ0n) is 20.6. The van der Waals surface area contributed by atoms with Gasteiger partial charge in [0.1, 0.15) is 5.75 Å². The molecule has 0 spiro atoms. The molecule has 1 aromatic carbocycles. The first kappa shape index (κ1) is 27.2. The molecule has 1 amide bonds. The van der Waals surface area contributed by atoms with Crippen molar-refractivity contribution in [1.29, 1.82) is 0 Å². The summed E-state index contributed by atoms with van der Waals surface area (Å²) in [4.78, 5) is 12.8. The number of unbranched alkanes of at least 4 members (excludes halogenated alkanes) is 7. The lowest BCUT2D eigenvalue weighted by atomic mass is 9.73. The Morgan fingerprint density at radius 1 is 0.935 bits per heavy atom. The van der Waals surface area contributed by atoms with E-state index in [4.69, 9.17) is 10.5 Å². The fourth-order valence-electron chi connectivity index (χ4n) is 4.21. The van der Waals surface area contributed by atoms with Gasteiger partial charge in [0.25, 0.3) is 0 Å². The van der Waals surface area contributed by atoms with Crippen LogP contribution in [-0.4, -0.2) is 24.1 Å². The first-order valence-corrected chi connectivity index (χ1v) is 12.2. The number of ether oxygens (including phenoxy) is 1. The molecular weight excluding hydrogens is 384 g/mol. The predicted molar refractivity (Wildman–Crippen MR) is 133 cm³/mol. The van der Waals surface area contributed by atoms with E-state index in [1.54, 1.807) is 13.2 Å². The first-order chi connectivity index (χ1) is 14.8. The number of carbonyl (C=O) groups excluding carboxylic acids is 1. The van der Waals surface area contributed by atoms with E-state index in [0.717, 1.165) is 37.0 Å². The second-order valence-electron chi connectivity index (χ2n) is 9.37. The van der Waals surface area contributed by atoms with Gasteiger partial charge in [0, 0.05) is 11.6 Å². The van der Waals surface area contributed by atoms with E-state index < -0.39 is 11.1 Å². The van der Waals surface area contributed by atoms with Crippen LogP contribution in [0, 0.1) is 0 Å². The van der Waals surface area contributed by atoms with E-state index in [9.17, 15) is 4.79 Å². The molecule has 0 aliphatic rings. The van der Waals surface area contributed by atoms with Crippen molar-refractivity contribution in [2.24, 2.45) is 5.73 Å². The zero-order chi connectivity index (χ0) is 23.2. The minimum atomic E-state index is -0.492. The second-order valence-corrected chi connectivity index (χ2v) is 9.37. The summed E-state index contributed by atoms with van der Waals surface area (Å²) < 4.78 is 5.19. The van der Waals surface area contributed by atoms with Crippen molar-refractivity contribution in [3.63, 3.8) is 0 Å². The molecule has 1 unspecified atom stereocenters. The maximum absolute atomic E-state index is 12.8. The fourth-order valence-corrected chi connectivity index (χ4v) is 4.21. The SMILES string of the molecule is CCCCCCCCCCC(CCC)(NC(=O)C=Cc1ccc(OC)cc1)C(C)(C)N. The molecule has 176 valence electrons. The normalized spacial score (nSPS) is 13.9. The number of rotatable bonds is 16. The van der Waals surface area contributed by atoms with Crippen LogP contribution in [0.15, 0.2) is 30.3 Å². The van der Waals surface area contributed by atoms with Crippen molar-refractivity contribution < 1.29 is 9.53 Å². The number of benzene rings is 1. The minimum absolute atomic E-state index is 0.0811. The highest BCUT2D eigenvalue weighted by Crippen LogP contribution is 2.31. The lowest BCUT2D eigenvalue weighted by molar-refractivity contribution is -0.119. The molecule has 31 heavy (non-hydrogen) atoms. The van der Waals surface area contributed by atoms with Gasteiger partial charge in [-0.2, -0.15) is 0 Å². The molecule has 0 saturated heterocycles. The Morgan fingerprint density at radius 3 is 2.03 bits per heavy atom. The number of nitrogens with one attached hydrogen (secondary N) is 1. The molecule has 0 heterocycles. The topological polar surface area (TPSA) is 64.3 Å². The molecule has 0 bridgehead atoms. The summed E-state index contributed by atoms with van der Waals surface area (Å²) >= 11 is 0. The van der Waals surface area contributed by atoms with E-state index in [1.165, 1.54) is 44.9 Å². The fraction of sp³-hybridized carbons (Fsp3) is 0.667. The van der Waals surface area contributed by atoms with E-state index >= 15 is 0 Å². The van der Waals surface area contributed by atoms with E-state index in [2.05, 4.69) is 19.2 Å². The Kier molecular flexibility index (Phi) is 12.5. The highest BCUT2D eigenvalue weighted by Gasteiger charge is 2.42. The average Bonchev–Trinajstić information content (AvgIpc) is 2.73. The van der Waals surface area contributed by atoms with Crippen LogP contribution in [-0.2, 0) is 4.79 Å². The predicted octanol–water partition coefficient (Wildman–Crippen LogP) is 6.63. The number of methoxy groups -OCH3 is 1. The minimum Gasteiger partial charge on any atom is -0.497 e. The van der Waals surface area contributed by atoms with Crippen molar-refractivity contribution in [2.45, 2.75) is 109 Å². The Balaban J connectivity index is 2.70. The molecule has 0 aromatic heterocycles. The van der Waals surface area contributed by atoms with Crippen LogP contribution in [0.25, 0.3) is 6.08 Å². The van der Waals surface area contributed by atoms with Gasteiger partial charge in [0.2, 0.25) is 5.91 Å². The van der Waals surface area contributed by atoms with Gasteiger partial charge in [-0.1, -0.05) is 83.8 Å². The molecule has 3 N–H and O–H groups in total. The highest BCUT2D eigenvalue weighted by molar-refractivity contribution is 5.92.